The lowest BCUT2D eigenvalue weighted by Crippen LogP contribution is -2.58. The van der Waals surface area contributed by atoms with E-state index >= 15 is 4.39 Å². The zero-order chi connectivity index (χ0) is 26.1. The van der Waals surface area contributed by atoms with Crippen LogP contribution in [-0.2, 0) is 9.59 Å². The van der Waals surface area contributed by atoms with Crippen LogP contribution in [0.3, 0.4) is 0 Å². The molecular weight excluding hydrogens is 488 g/mol. The molecule has 3 aliphatic rings. The lowest BCUT2D eigenvalue weighted by molar-refractivity contribution is -0.149. The zero-order valence-electron chi connectivity index (χ0n) is 20.7. The Morgan fingerprint density at radius 1 is 1.00 bits per heavy atom. The Balaban J connectivity index is 0.00000294. The van der Waals surface area contributed by atoms with Crippen LogP contribution in [-0.4, -0.2) is 63.3 Å². The minimum absolute atomic E-state index is 0. The number of rotatable bonds is 5. The van der Waals surface area contributed by atoms with Gasteiger partial charge in [0.1, 0.15) is 28.6 Å². The van der Waals surface area contributed by atoms with Gasteiger partial charge in [0.15, 0.2) is 0 Å². The predicted molar refractivity (Wildman–Crippen MR) is 143 cm³/mol. The van der Waals surface area contributed by atoms with Crippen molar-refractivity contribution in [3.05, 3.63) is 71.8 Å². The van der Waals surface area contributed by atoms with E-state index in [1.165, 1.54) is 23.1 Å². The minimum atomic E-state index is -1.20. The van der Waals surface area contributed by atoms with Crippen molar-refractivity contribution in [1.29, 1.82) is 0 Å². The quantitative estimate of drug-likeness (QED) is 0.528. The SMILES string of the molecule is C.CC1(C)N=C(c2ccc(-c3ccc4cc(F)ccc4c3)cc2F)N(CC2CN(C(=O)C3(O)CC3)C2)C1=O. The van der Waals surface area contributed by atoms with Crippen molar-refractivity contribution in [1.82, 2.24) is 9.80 Å². The number of fused-ring (bicyclic) bond motifs is 1. The summed E-state index contributed by atoms with van der Waals surface area (Å²) in [7, 11) is 0. The Hall–Kier alpha value is -3.65. The number of aliphatic imine (C=N–C) groups is 1. The summed E-state index contributed by atoms with van der Waals surface area (Å²) in [4.78, 5) is 33.2. The third-order valence-corrected chi connectivity index (χ3v) is 7.56. The van der Waals surface area contributed by atoms with E-state index in [0.717, 1.165) is 16.3 Å². The summed E-state index contributed by atoms with van der Waals surface area (Å²) in [6.07, 6.45) is 0.991. The highest BCUT2D eigenvalue weighted by atomic mass is 19.1. The van der Waals surface area contributed by atoms with Gasteiger partial charge in [-0.25, -0.2) is 8.78 Å². The van der Waals surface area contributed by atoms with Crippen LogP contribution in [0.5, 0.6) is 0 Å². The lowest BCUT2D eigenvalue weighted by atomic mass is 9.96. The zero-order valence-corrected chi connectivity index (χ0v) is 20.7. The van der Waals surface area contributed by atoms with Gasteiger partial charge in [-0.2, -0.15) is 0 Å². The molecule has 1 saturated heterocycles. The Morgan fingerprint density at radius 2 is 1.63 bits per heavy atom. The second-order valence-electron chi connectivity index (χ2n) is 10.9. The van der Waals surface area contributed by atoms with Crippen LogP contribution in [0.15, 0.2) is 59.6 Å². The predicted octanol–water partition coefficient (Wildman–Crippen LogP) is 4.77. The largest absolute Gasteiger partial charge is 0.380 e. The minimum Gasteiger partial charge on any atom is -0.380 e. The molecule has 0 atom stereocenters. The second kappa shape index (κ2) is 8.98. The van der Waals surface area contributed by atoms with E-state index in [-0.39, 0.29) is 36.5 Å². The van der Waals surface area contributed by atoms with Gasteiger partial charge in [0.25, 0.3) is 11.8 Å². The standard InChI is InChI=1S/C29H27F2N3O3.CH4/c1-28(2)26(35)34(16-17-14-33(15-17)27(36)29(37)9-10-29)25(32-28)23-8-6-21(13-24(23)31)18-3-4-20-12-22(30)7-5-19(20)11-18;/h3-8,11-13,17,37H,9-10,14-16H2,1-2H3;1H4. The molecule has 6 rings (SSSR count). The van der Waals surface area contributed by atoms with Crippen LogP contribution in [0.4, 0.5) is 8.78 Å². The molecule has 0 bridgehead atoms. The van der Waals surface area contributed by atoms with Crippen LogP contribution >= 0.6 is 0 Å². The highest BCUT2D eigenvalue weighted by Gasteiger charge is 2.53. The fraction of sp³-hybridized carbons (Fsp3) is 0.367. The molecule has 198 valence electrons. The van der Waals surface area contributed by atoms with E-state index in [1.54, 1.807) is 43.0 Å². The van der Waals surface area contributed by atoms with Gasteiger partial charge < -0.3 is 10.0 Å². The lowest BCUT2D eigenvalue weighted by Gasteiger charge is -2.42. The second-order valence-corrected chi connectivity index (χ2v) is 10.9. The average molecular weight is 520 g/mol. The van der Waals surface area contributed by atoms with Crippen molar-refractivity contribution in [3.63, 3.8) is 0 Å². The number of hydrogen-bond donors (Lipinski definition) is 1. The molecule has 1 aliphatic carbocycles. The molecule has 3 aromatic carbocycles. The molecule has 0 spiro atoms. The first-order valence-corrected chi connectivity index (χ1v) is 12.5. The Bertz CT molecular complexity index is 1490. The van der Waals surface area contributed by atoms with E-state index in [0.29, 0.717) is 43.9 Å². The number of likely N-dealkylation sites (tertiary alicyclic amines) is 1. The van der Waals surface area contributed by atoms with Gasteiger partial charge in [-0.05, 0) is 78.9 Å². The molecule has 1 N–H and O–H groups in total. The number of aliphatic hydroxyl groups is 1. The number of halogens is 2. The van der Waals surface area contributed by atoms with Crippen molar-refractivity contribution in [3.8, 4) is 11.1 Å². The van der Waals surface area contributed by atoms with Crippen molar-refractivity contribution in [2.75, 3.05) is 19.6 Å². The molecule has 0 unspecified atom stereocenters. The summed E-state index contributed by atoms with van der Waals surface area (Å²) in [5.74, 6) is -0.939. The smallest absolute Gasteiger partial charge is 0.255 e. The average Bonchev–Trinajstić information content (AvgIpc) is 3.55. The molecule has 38 heavy (non-hydrogen) atoms. The number of carbonyl (C=O) groups excluding carboxylic acids is 2. The fourth-order valence-electron chi connectivity index (χ4n) is 5.18. The monoisotopic (exact) mass is 519 g/mol. The molecule has 2 fully saturated rings. The van der Waals surface area contributed by atoms with E-state index in [1.807, 2.05) is 12.1 Å². The Kier molecular flexibility index (Phi) is 6.14. The van der Waals surface area contributed by atoms with Gasteiger partial charge in [0, 0.05) is 25.6 Å². The van der Waals surface area contributed by atoms with Crippen LogP contribution in [0.25, 0.3) is 21.9 Å². The van der Waals surface area contributed by atoms with Crippen molar-refractivity contribution >= 4 is 28.4 Å². The number of nitrogens with zero attached hydrogens (tertiary/aromatic N) is 3. The summed E-state index contributed by atoms with van der Waals surface area (Å²) in [6.45, 7) is 4.64. The van der Waals surface area contributed by atoms with Gasteiger partial charge in [0.2, 0.25) is 0 Å². The molecule has 0 radical (unpaired) electrons. The maximum Gasteiger partial charge on any atom is 0.255 e. The maximum absolute atomic E-state index is 15.5. The van der Waals surface area contributed by atoms with Crippen molar-refractivity contribution in [2.45, 2.75) is 45.3 Å². The molecule has 3 aromatic rings. The van der Waals surface area contributed by atoms with E-state index in [9.17, 15) is 19.1 Å². The fourth-order valence-corrected chi connectivity index (χ4v) is 5.18. The van der Waals surface area contributed by atoms with Gasteiger partial charge in [-0.15, -0.1) is 0 Å². The number of amides is 2. The van der Waals surface area contributed by atoms with E-state index < -0.39 is 17.0 Å². The van der Waals surface area contributed by atoms with Crippen molar-refractivity contribution < 1.29 is 23.5 Å². The number of amidine groups is 1. The summed E-state index contributed by atoms with van der Waals surface area (Å²) in [6, 6.07) is 14.9. The van der Waals surface area contributed by atoms with E-state index in [2.05, 4.69) is 4.99 Å². The Morgan fingerprint density at radius 3 is 2.32 bits per heavy atom. The van der Waals surface area contributed by atoms with Crippen LogP contribution in [0.2, 0.25) is 0 Å². The first-order chi connectivity index (χ1) is 17.5. The summed E-state index contributed by atoms with van der Waals surface area (Å²) in [5, 5.41) is 11.7. The first-order valence-electron chi connectivity index (χ1n) is 12.5. The molecule has 2 heterocycles. The summed E-state index contributed by atoms with van der Waals surface area (Å²) < 4.78 is 29.0. The van der Waals surface area contributed by atoms with Gasteiger partial charge in [-0.3, -0.25) is 19.5 Å². The molecule has 1 saturated carbocycles. The molecule has 8 heteroatoms. The number of benzene rings is 3. The normalized spacial score (nSPS) is 19.7. The maximum atomic E-state index is 15.5. The highest BCUT2D eigenvalue weighted by molar-refractivity contribution is 6.15. The number of carbonyl (C=O) groups is 2. The van der Waals surface area contributed by atoms with Gasteiger partial charge in [-0.1, -0.05) is 31.7 Å². The van der Waals surface area contributed by atoms with Crippen LogP contribution in [0, 0.1) is 17.6 Å². The number of hydrogen-bond acceptors (Lipinski definition) is 4. The summed E-state index contributed by atoms with van der Waals surface area (Å²) >= 11 is 0. The first kappa shape index (κ1) is 26.0. The third-order valence-electron chi connectivity index (χ3n) is 7.56. The van der Waals surface area contributed by atoms with Crippen LogP contribution < -0.4 is 0 Å². The molecule has 2 aliphatic heterocycles. The van der Waals surface area contributed by atoms with Crippen molar-refractivity contribution in [2.24, 2.45) is 10.9 Å². The Labute approximate surface area is 220 Å². The molecule has 2 amide bonds. The highest BCUT2D eigenvalue weighted by Crippen LogP contribution is 2.39. The van der Waals surface area contributed by atoms with Gasteiger partial charge in [0.05, 0.1) is 5.56 Å². The van der Waals surface area contributed by atoms with E-state index in [4.69, 9.17) is 0 Å². The topological polar surface area (TPSA) is 73.2 Å². The molecular formula is C30H31F2N3O3. The van der Waals surface area contributed by atoms with Gasteiger partial charge >= 0.3 is 0 Å². The van der Waals surface area contributed by atoms with Crippen LogP contribution in [0.1, 0.15) is 39.7 Å². The molecule has 6 nitrogen and oxygen atoms in total. The third kappa shape index (κ3) is 4.36. The molecule has 0 aromatic heterocycles. The summed E-state index contributed by atoms with van der Waals surface area (Å²) in [5.41, 5.74) is -0.520.